The molecule has 0 aliphatic carbocycles. The summed E-state index contributed by atoms with van der Waals surface area (Å²) in [5.74, 6) is 0.744. The third-order valence-corrected chi connectivity index (χ3v) is 5.54. The highest BCUT2D eigenvalue weighted by Gasteiger charge is 2.17. The molecule has 32 heavy (non-hydrogen) atoms. The van der Waals surface area contributed by atoms with Crippen LogP contribution in [-0.2, 0) is 6.42 Å². The van der Waals surface area contributed by atoms with Crippen LogP contribution in [0.4, 0.5) is 4.79 Å². The Morgan fingerprint density at radius 3 is 1.97 bits per heavy atom. The lowest BCUT2D eigenvalue weighted by Gasteiger charge is -2.18. The van der Waals surface area contributed by atoms with Gasteiger partial charge in [0.2, 0.25) is 0 Å². The average molecular weight is 433 g/mol. The van der Waals surface area contributed by atoms with E-state index in [2.05, 4.69) is 50.2 Å². The van der Waals surface area contributed by atoms with Gasteiger partial charge in [0.25, 0.3) is 0 Å². The summed E-state index contributed by atoms with van der Waals surface area (Å²) in [5.41, 5.74) is 5.17. The maximum absolute atomic E-state index is 13.2. The third kappa shape index (κ3) is 7.69. The first-order valence-electron chi connectivity index (χ1n) is 11.2. The van der Waals surface area contributed by atoms with Gasteiger partial charge in [0, 0.05) is 11.1 Å². The molecule has 0 amide bonds. The molecule has 0 fully saturated rings. The molecule has 168 valence electrons. The molecule has 3 aromatic rings. The molecule has 0 saturated heterocycles. The molecule has 0 aliphatic rings. The summed E-state index contributed by atoms with van der Waals surface area (Å²) in [4.78, 5) is 21.8. The second-order valence-corrected chi connectivity index (χ2v) is 7.84. The van der Waals surface area contributed by atoms with Crippen molar-refractivity contribution in [3.63, 3.8) is 0 Å². The summed E-state index contributed by atoms with van der Waals surface area (Å²) in [6.45, 7) is 4.51. The highest BCUT2D eigenvalue weighted by atomic mass is 16.6. The number of benzene rings is 3. The van der Waals surface area contributed by atoms with Gasteiger partial charge in [-0.3, -0.25) is 4.79 Å². The zero-order valence-electron chi connectivity index (χ0n) is 18.8. The van der Waals surface area contributed by atoms with Crippen molar-refractivity contribution in [1.82, 2.24) is 0 Å². The molecule has 1 unspecified atom stereocenters. The van der Waals surface area contributed by atoms with Crippen LogP contribution >= 0.6 is 0 Å². The lowest BCUT2D eigenvalue weighted by molar-refractivity contribution is 0.103. The van der Waals surface area contributed by atoms with Crippen molar-refractivity contribution < 1.29 is 19.8 Å². The Bertz CT molecular complexity index is 977. The van der Waals surface area contributed by atoms with Gasteiger partial charge >= 0.3 is 6.16 Å². The molecule has 2 N–H and O–H groups in total. The Morgan fingerprint density at radius 2 is 1.41 bits per heavy atom. The Hall–Kier alpha value is -3.40. The number of carbonyl (C=O) groups is 2. The van der Waals surface area contributed by atoms with Gasteiger partial charge in [-0.25, -0.2) is 4.79 Å². The third-order valence-electron chi connectivity index (χ3n) is 5.54. The Labute approximate surface area is 190 Å². The highest BCUT2D eigenvalue weighted by molar-refractivity contribution is 6.10. The van der Waals surface area contributed by atoms with E-state index in [-0.39, 0.29) is 5.78 Å². The molecule has 0 saturated carbocycles. The molecule has 4 heteroatoms. The number of carbonyl (C=O) groups excluding carboxylic acids is 1. The molecule has 0 radical (unpaired) electrons. The van der Waals surface area contributed by atoms with Crippen molar-refractivity contribution in [3.05, 3.63) is 95.6 Å². The fourth-order valence-electron chi connectivity index (χ4n) is 3.79. The van der Waals surface area contributed by atoms with Crippen LogP contribution in [0.3, 0.4) is 0 Å². The lowest BCUT2D eigenvalue weighted by Crippen LogP contribution is -2.10. The topological polar surface area (TPSA) is 74.6 Å². The Balaban J connectivity index is 0.000000837. The van der Waals surface area contributed by atoms with E-state index in [0.717, 1.165) is 24.0 Å². The van der Waals surface area contributed by atoms with Gasteiger partial charge in [-0.15, -0.1) is 0 Å². The number of carboxylic acid groups (broad SMARTS) is 2. The van der Waals surface area contributed by atoms with E-state index in [4.69, 9.17) is 15.0 Å². The summed E-state index contributed by atoms with van der Waals surface area (Å²) in [6.07, 6.45) is 3.97. The number of ketones is 1. The summed E-state index contributed by atoms with van der Waals surface area (Å²) in [5, 5.41) is 13.9. The number of hydrogen-bond donors (Lipinski definition) is 2. The average Bonchev–Trinajstić information content (AvgIpc) is 2.82. The summed E-state index contributed by atoms with van der Waals surface area (Å²) in [6, 6.07) is 26.4. The molecular weight excluding hydrogens is 400 g/mol. The number of hydrogen-bond acceptors (Lipinski definition) is 2. The van der Waals surface area contributed by atoms with Crippen LogP contribution in [0.2, 0.25) is 0 Å². The fourth-order valence-corrected chi connectivity index (χ4v) is 3.79. The van der Waals surface area contributed by atoms with Crippen LogP contribution < -0.4 is 0 Å². The monoisotopic (exact) mass is 432 g/mol. The zero-order chi connectivity index (χ0) is 23.3. The standard InChI is InChI=1S/C27H30O.CH2O3/c1-3-5-12-21(4-2)19-25-20-24(22-13-8-6-9-14-22)17-18-26(25)27(28)23-15-10-7-11-16-23;2-1(3)4/h6-11,13-18,20-21H,3-5,12,19H2,1-2H3;(H2,2,3,4). The van der Waals surface area contributed by atoms with Crippen molar-refractivity contribution in [3.8, 4) is 11.1 Å². The quantitative estimate of drug-likeness (QED) is 0.342. The molecule has 0 bridgehead atoms. The molecular formula is C28H32O4. The largest absolute Gasteiger partial charge is 0.503 e. The minimum absolute atomic E-state index is 0.126. The zero-order valence-corrected chi connectivity index (χ0v) is 18.8. The predicted octanol–water partition coefficient (Wildman–Crippen LogP) is 7.57. The van der Waals surface area contributed by atoms with E-state index in [9.17, 15) is 4.79 Å². The minimum atomic E-state index is -1.83. The van der Waals surface area contributed by atoms with Gasteiger partial charge in [-0.05, 0) is 29.0 Å². The molecule has 4 nitrogen and oxygen atoms in total. The van der Waals surface area contributed by atoms with E-state index < -0.39 is 6.16 Å². The van der Waals surface area contributed by atoms with Gasteiger partial charge in [-0.2, -0.15) is 0 Å². The minimum Gasteiger partial charge on any atom is -0.450 e. The molecule has 3 aromatic carbocycles. The van der Waals surface area contributed by atoms with E-state index in [1.807, 2.05) is 42.5 Å². The lowest BCUT2D eigenvalue weighted by atomic mass is 9.86. The molecule has 1 atom stereocenters. The first-order chi connectivity index (χ1) is 15.5. The Kier molecular flexibility index (Phi) is 10.2. The SMILES string of the molecule is CCCCC(CC)Cc1cc(-c2ccccc2)ccc1C(=O)c1ccccc1.O=C(O)O. The first kappa shape index (κ1) is 24.9. The van der Waals surface area contributed by atoms with Crippen molar-refractivity contribution in [1.29, 1.82) is 0 Å². The highest BCUT2D eigenvalue weighted by Crippen LogP contribution is 2.28. The smallest absolute Gasteiger partial charge is 0.450 e. The van der Waals surface area contributed by atoms with Crippen LogP contribution in [-0.4, -0.2) is 22.2 Å². The van der Waals surface area contributed by atoms with E-state index in [1.165, 1.54) is 36.0 Å². The summed E-state index contributed by atoms with van der Waals surface area (Å²) >= 11 is 0. The second-order valence-electron chi connectivity index (χ2n) is 7.84. The molecule has 0 aromatic heterocycles. The van der Waals surface area contributed by atoms with Gasteiger partial charge in [-0.1, -0.05) is 118 Å². The van der Waals surface area contributed by atoms with E-state index in [0.29, 0.717) is 5.92 Å². The van der Waals surface area contributed by atoms with Crippen molar-refractivity contribution >= 4 is 11.9 Å². The van der Waals surface area contributed by atoms with Crippen molar-refractivity contribution in [2.75, 3.05) is 0 Å². The van der Waals surface area contributed by atoms with Crippen LogP contribution in [0.5, 0.6) is 0 Å². The second kappa shape index (κ2) is 13.1. The fraction of sp³-hybridized carbons (Fsp3) is 0.286. The van der Waals surface area contributed by atoms with Gasteiger partial charge in [0.05, 0.1) is 0 Å². The van der Waals surface area contributed by atoms with Gasteiger partial charge < -0.3 is 10.2 Å². The van der Waals surface area contributed by atoms with E-state index in [1.54, 1.807) is 0 Å². The number of unbranched alkanes of at least 4 members (excludes halogenated alkanes) is 1. The van der Waals surface area contributed by atoms with Crippen LogP contribution in [0.25, 0.3) is 11.1 Å². The van der Waals surface area contributed by atoms with Crippen LogP contribution in [0.15, 0.2) is 78.9 Å². The normalized spacial score (nSPS) is 11.2. The Morgan fingerprint density at radius 1 is 0.812 bits per heavy atom. The van der Waals surface area contributed by atoms with Crippen molar-refractivity contribution in [2.24, 2.45) is 5.92 Å². The van der Waals surface area contributed by atoms with Crippen molar-refractivity contribution in [2.45, 2.75) is 46.0 Å². The maximum atomic E-state index is 13.2. The van der Waals surface area contributed by atoms with Gasteiger partial charge in [0.15, 0.2) is 5.78 Å². The van der Waals surface area contributed by atoms with Crippen LogP contribution in [0.1, 0.15) is 61.0 Å². The first-order valence-corrected chi connectivity index (χ1v) is 11.2. The van der Waals surface area contributed by atoms with Crippen LogP contribution in [0, 0.1) is 5.92 Å². The molecule has 3 rings (SSSR count). The summed E-state index contributed by atoms with van der Waals surface area (Å²) in [7, 11) is 0. The van der Waals surface area contributed by atoms with E-state index >= 15 is 0 Å². The molecule has 0 aliphatic heterocycles. The number of rotatable bonds is 9. The molecule has 0 spiro atoms. The predicted molar refractivity (Wildman–Crippen MR) is 129 cm³/mol. The molecule has 0 heterocycles. The maximum Gasteiger partial charge on any atom is 0.503 e. The summed E-state index contributed by atoms with van der Waals surface area (Å²) < 4.78 is 0. The van der Waals surface area contributed by atoms with Gasteiger partial charge in [0.1, 0.15) is 0 Å².